The SMILES string of the molecule is CCn1cc(CN2CCC(=O)N(Cc3ccc(F)cc3)[C@H](C(C)C)C2)cn1. The van der Waals surface area contributed by atoms with E-state index in [4.69, 9.17) is 0 Å². The Labute approximate surface area is 160 Å². The van der Waals surface area contributed by atoms with Gasteiger partial charge in [-0.25, -0.2) is 4.39 Å². The summed E-state index contributed by atoms with van der Waals surface area (Å²) in [6, 6.07) is 6.58. The maximum absolute atomic E-state index is 13.2. The molecule has 6 heteroatoms. The van der Waals surface area contributed by atoms with Crippen molar-refractivity contribution in [1.82, 2.24) is 19.6 Å². The number of aromatic nitrogens is 2. The van der Waals surface area contributed by atoms with Crippen LogP contribution in [-0.4, -0.2) is 44.6 Å². The van der Waals surface area contributed by atoms with E-state index in [-0.39, 0.29) is 17.8 Å². The van der Waals surface area contributed by atoms with Crippen LogP contribution in [0.1, 0.15) is 38.3 Å². The van der Waals surface area contributed by atoms with Crippen LogP contribution in [0.2, 0.25) is 0 Å². The second kappa shape index (κ2) is 8.65. The molecule has 1 aromatic heterocycles. The van der Waals surface area contributed by atoms with Crippen LogP contribution in [0, 0.1) is 11.7 Å². The van der Waals surface area contributed by atoms with Gasteiger partial charge in [-0.2, -0.15) is 5.10 Å². The molecule has 1 aliphatic rings. The standard InChI is InChI=1S/C21H29FN4O/c1-4-25-13-18(11-23-25)12-24-10-9-21(27)26(20(15-24)16(2)3)14-17-5-7-19(22)8-6-17/h5-8,11,13,16,20H,4,9-10,12,14-15H2,1-3H3/t20-/m0/s1. The van der Waals surface area contributed by atoms with E-state index in [1.807, 2.05) is 15.8 Å². The van der Waals surface area contributed by atoms with E-state index >= 15 is 0 Å². The summed E-state index contributed by atoms with van der Waals surface area (Å²) in [6.45, 7) is 10.2. The van der Waals surface area contributed by atoms with Crippen LogP contribution in [0.25, 0.3) is 0 Å². The number of amides is 1. The smallest absolute Gasteiger partial charge is 0.224 e. The summed E-state index contributed by atoms with van der Waals surface area (Å²) in [4.78, 5) is 17.2. The normalized spacial score (nSPS) is 18.9. The van der Waals surface area contributed by atoms with Gasteiger partial charge in [-0.3, -0.25) is 14.4 Å². The number of hydrogen-bond donors (Lipinski definition) is 0. The average molecular weight is 372 g/mol. The van der Waals surface area contributed by atoms with Gasteiger partial charge in [0.1, 0.15) is 5.82 Å². The maximum Gasteiger partial charge on any atom is 0.224 e. The zero-order valence-corrected chi connectivity index (χ0v) is 16.4. The number of aryl methyl sites for hydroxylation is 1. The van der Waals surface area contributed by atoms with Gasteiger partial charge in [-0.05, 0) is 30.5 Å². The molecule has 27 heavy (non-hydrogen) atoms. The van der Waals surface area contributed by atoms with Gasteiger partial charge in [0.2, 0.25) is 5.91 Å². The monoisotopic (exact) mass is 372 g/mol. The Morgan fingerprint density at radius 2 is 1.93 bits per heavy atom. The van der Waals surface area contributed by atoms with E-state index < -0.39 is 0 Å². The summed E-state index contributed by atoms with van der Waals surface area (Å²) in [5.74, 6) is 0.262. The van der Waals surface area contributed by atoms with E-state index in [1.54, 1.807) is 12.1 Å². The number of nitrogens with zero attached hydrogens (tertiary/aromatic N) is 4. The first-order chi connectivity index (χ1) is 13.0. The zero-order valence-electron chi connectivity index (χ0n) is 16.4. The fourth-order valence-electron chi connectivity index (χ4n) is 3.66. The lowest BCUT2D eigenvalue weighted by Crippen LogP contribution is -2.45. The number of halogens is 1. The van der Waals surface area contributed by atoms with E-state index in [2.05, 4.69) is 37.0 Å². The third-order valence-corrected chi connectivity index (χ3v) is 5.26. The first-order valence-electron chi connectivity index (χ1n) is 9.74. The Kier molecular flexibility index (Phi) is 6.26. The van der Waals surface area contributed by atoms with Crippen molar-refractivity contribution in [2.75, 3.05) is 13.1 Å². The van der Waals surface area contributed by atoms with Crippen molar-refractivity contribution in [3.05, 3.63) is 53.6 Å². The molecule has 5 nitrogen and oxygen atoms in total. The number of carbonyl (C=O) groups excluding carboxylic acids is 1. The van der Waals surface area contributed by atoms with Gasteiger partial charge in [0.15, 0.2) is 0 Å². The van der Waals surface area contributed by atoms with Gasteiger partial charge in [0, 0.05) is 56.9 Å². The molecule has 1 aliphatic heterocycles. The molecule has 1 amide bonds. The average Bonchev–Trinajstić information content (AvgIpc) is 3.04. The van der Waals surface area contributed by atoms with Crippen molar-refractivity contribution in [1.29, 1.82) is 0 Å². The minimum absolute atomic E-state index is 0.131. The Balaban J connectivity index is 1.74. The summed E-state index contributed by atoms with van der Waals surface area (Å²) < 4.78 is 15.1. The predicted molar refractivity (Wildman–Crippen MR) is 103 cm³/mol. The van der Waals surface area contributed by atoms with Crippen molar-refractivity contribution in [3.63, 3.8) is 0 Å². The Morgan fingerprint density at radius 1 is 1.19 bits per heavy atom. The van der Waals surface area contributed by atoms with Crippen LogP contribution < -0.4 is 0 Å². The highest BCUT2D eigenvalue weighted by atomic mass is 19.1. The third kappa shape index (κ3) is 4.95. The fourth-order valence-corrected chi connectivity index (χ4v) is 3.66. The van der Waals surface area contributed by atoms with Crippen LogP contribution in [0.15, 0.2) is 36.7 Å². The molecule has 2 heterocycles. The van der Waals surface area contributed by atoms with E-state index in [0.717, 1.165) is 31.7 Å². The van der Waals surface area contributed by atoms with Gasteiger partial charge in [0.05, 0.1) is 6.20 Å². The topological polar surface area (TPSA) is 41.4 Å². The molecule has 0 radical (unpaired) electrons. The molecule has 1 atom stereocenters. The van der Waals surface area contributed by atoms with Crippen LogP contribution in [0.5, 0.6) is 0 Å². The zero-order chi connectivity index (χ0) is 19.4. The molecular weight excluding hydrogens is 343 g/mol. The van der Waals surface area contributed by atoms with Crippen molar-refractivity contribution < 1.29 is 9.18 Å². The quantitative estimate of drug-likeness (QED) is 0.781. The third-order valence-electron chi connectivity index (χ3n) is 5.26. The van der Waals surface area contributed by atoms with Crippen molar-refractivity contribution in [3.8, 4) is 0 Å². The van der Waals surface area contributed by atoms with Crippen LogP contribution in [-0.2, 0) is 24.4 Å². The van der Waals surface area contributed by atoms with Gasteiger partial charge in [-0.1, -0.05) is 26.0 Å². The van der Waals surface area contributed by atoms with Crippen LogP contribution >= 0.6 is 0 Å². The second-order valence-corrected chi connectivity index (χ2v) is 7.65. The molecule has 0 N–H and O–H groups in total. The molecule has 0 saturated carbocycles. The second-order valence-electron chi connectivity index (χ2n) is 7.65. The molecule has 3 rings (SSSR count). The molecule has 2 aromatic rings. The fraction of sp³-hybridized carbons (Fsp3) is 0.524. The lowest BCUT2D eigenvalue weighted by atomic mass is 10.0. The first kappa shape index (κ1) is 19.5. The van der Waals surface area contributed by atoms with Crippen molar-refractivity contribution in [2.45, 2.75) is 52.9 Å². The molecule has 1 fully saturated rings. The molecule has 1 aromatic carbocycles. The Bertz CT molecular complexity index is 756. The van der Waals surface area contributed by atoms with Gasteiger partial charge >= 0.3 is 0 Å². The van der Waals surface area contributed by atoms with Crippen LogP contribution in [0.3, 0.4) is 0 Å². The minimum Gasteiger partial charge on any atom is -0.334 e. The maximum atomic E-state index is 13.2. The highest BCUT2D eigenvalue weighted by Gasteiger charge is 2.31. The molecule has 0 spiro atoms. The van der Waals surface area contributed by atoms with E-state index in [0.29, 0.717) is 18.9 Å². The van der Waals surface area contributed by atoms with Gasteiger partial charge < -0.3 is 4.90 Å². The highest BCUT2D eigenvalue weighted by molar-refractivity contribution is 5.77. The lowest BCUT2D eigenvalue weighted by Gasteiger charge is -2.34. The Hall–Kier alpha value is -2.21. The summed E-state index contributed by atoms with van der Waals surface area (Å²) in [6.07, 6.45) is 4.50. The predicted octanol–water partition coefficient (Wildman–Crippen LogP) is 3.30. The molecular formula is C21H29FN4O. The lowest BCUT2D eigenvalue weighted by molar-refractivity contribution is -0.134. The summed E-state index contributed by atoms with van der Waals surface area (Å²) >= 11 is 0. The summed E-state index contributed by atoms with van der Waals surface area (Å²) in [5.41, 5.74) is 2.15. The molecule has 0 aliphatic carbocycles. The number of hydrogen-bond acceptors (Lipinski definition) is 3. The summed E-state index contributed by atoms with van der Waals surface area (Å²) in [7, 11) is 0. The highest BCUT2D eigenvalue weighted by Crippen LogP contribution is 2.22. The van der Waals surface area contributed by atoms with Crippen molar-refractivity contribution in [2.24, 2.45) is 5.92 Å². The first-order valence-corrected chi connectivity index (χ1v) is 9.74. The number of rotatable bonds is 6. The molecule has 0 bridgehead atoms. The largest absolute Gasteiger partial charge is 0.334 e. The van der Waals surface area contributed by atoms with Gasteiger partial charge in [-0.15, -0.1) is 0 Å². The van der Waals surface area contributed by atoms with E-state index in [9.17, 15) is 9.18 Å². The number of benzene rings is 1. The number of carbonyl (C=O) groups is 1. The minimum atomic E-state index is -0.250. The molecule has 1 saturated heterocycles. The van der Waals surface area contributed by atoms with Crippen molar-refractivity contribution >= 4 is 5.91 Å². The van der Waals surface area contributed by atoms with Gasteiger partial charge in [0.25, 0.3) is 0 Å². The summed E-state index contributed by atoms with van der Waals surface area (Å²) in [5, 5.41) is 4.35. The molecule has 146 valence electrons. The Morgan fingerprint density at radius 3 is 2.56 bits per heavy atom. The molecule has 0 unspecified atom stereocenters. The van der Waals surface area contributed by atoms with Crippen LogP contribution in [0.4, 0.5) is 4.39 Å². The van der Waals surface area contributed by atoms with E-state index in [1.165, 1.54) is 17.7 Å².